The number of rotatable bonds is 6. The van der Waals surface area contributed by atoms with Crippen molar-refractivity contribution >= 4 is 22.8 Å². The molecule has 1 amide bonds. The van der Waals surface area contributed by atoms with Crippen molar-refractivity contribution in [1.82, 2.24) is 24.8 Å². The fraction of sp³-hybridized carbons (Fsp3) is 0.143. The molecule has 0 aliphatic rings. The lowest BCUT2D eigenvalue weighted by Crippen LogP contribution is -2.34. The van der Waals surface area contributed by atoms with Crippen LogP contribution in [0.1, 0.15) is 28.4 Å². The third-order valence-corrected chi connectivity index (χ3v) is 6.23. The molecule has 8 heteroatoms. The van der Waals surface area contributed by atoms with Crippen molar-refractivity contribution in [2.75, 3.05) is 5.43 Å². The van der Waals surface area contributed by atoms with Crippen LogP contribution in [0.4, 0.5) is 5.95 Å². The van der Waals surface area contributed by atoms with Gasteiger partial charge in [0.15, 0.2) is 0 Å². The van der Waals surface area contributed by atoms with Gasteiger partial charge in [0.05, 0.1) is 22.2 Å². The smallest absolute Gasteiger partial charge is 0.273 e. The minimum absolute atomic E-state index is 0.174. The first-order valence-corrected chi connectivity index (χ1v) is 11.7. The van der Waals surface area contributed by atoms with Crippen LogP contribution in [0.3, 0.4) is 0 Å². The van der Waals surface area contributed by atoms with E-state index in [1.54, 1.807) is 29.1 Å². The topological polar surface area (TPSA) is 93.8 Å². The van der Waals surface area contributed by atoms with Gasteiger partial charge in [-0.15, -0.1) is 0 Å². The molecular weight excluding hydrogens is 452 g/mol. The Morgan fingerprint density at radius 1 is 0.944 bits per heavy atom. The molecule has 0 saturated carbocycles. The number of carbonyl (C=O) groups excluding carboxylic acids is 1. The lowest BCUT2D eigenvalue weighted by Gasteiger charge is -2.14. The Kier molecular flexibility index (Phi) is 6.08. The van der Waals surface area contributed by atoms with Crippen LogP contribution in [-0.2, 0) is 6.54 Å². The van der Waals surface area contributed by atoms with Gasteiger partial charge in [0.2, 0.25) is 5.95 Å². The summed E-state index contributed by atoms with van der Waals surface area (Å²) >= 11 is 0. The summed E-state index contributed by atoms with van der Waals surface area (Å²) in [6.07, 6.45) is 1.71. The van der Waals surface area contributed by atoms with Gasteiger partial charge in [-0.25, -0.2) is 9.67 Å². The number of amides is 1. The normalized spacial score (nSPS) is 11.0. The van der Waals surface area contributed by atoms with Gasteiger partial charge in [0.25, 0.3) is 11.5 Å². The van der Waals surface area contributed by atoms with Gasteiger partial charge < -0.3 is 0 Å². The van der Waals surface area contributed by atoms with Crippen LogP contribution in [0.15, 0.2) is 83.8 Å². The molecule has 2 aromatic heterocycles. The highest BCUT2D eigenvalue weighted by molar-refractivity contribution is 6.00. The molecule has 0 spiro atoms. The van der Waals surface area contributed by atoms with Gasteiger partial charge in [-0.1, -0.05) is 42.5 Å². The Morgan fingerprint density at radius 2 is 1.69 bits per heavy atom. The molecule has 0 fully saturated rings. The van der Waals surface area contributed by atoms with Crippen molar-refractivity contribution in [2.24, 2.45) is 0 Å². The highest BCUT2D eigenvalue weighted by Crippen LogP contribution is 2.26. The molecular formula is C28H26N6O2. The van der Waals surface area contributed by atoms with Crippen molar-refractivity contribution in [3.05, 3.63) is 106 Å². The molecule has 0 atom stereocenters. The number of fused-ring (bicyclic) bond motifs is 1. The average molecular weight is 479 g/mol. The number of anilines is 1. The van der Waals surface area contributed by atoms with Gasteiger partial charge in [-0.2, -0.15) is 5.10 Å². The maximum Gasteiger partial charge on any atom is 0.273 e. The van der Waals surface area contributed by atoms with E-state index in [1.807, 2.05) is 75.4 Å². The summed E-state index contributed by atoms with van der Waals surface area (Å²) in [5, 5.41) is 5.27. The number of hydrogen-bond donors (Lipinski definition) is 2. The summed E-state index contributed by atoms with van der Waals surface area (Å²) in [6.45, 7) is 6.33. The largest absolute Gasteiger partial charge is 0.277 e. The Hall–Kier alpha value is -4.72. The third kappa shape index (κ3) is 4.24. The molecule has 0 saturated heterocycles. The molecule has 0 unspecified atom stereocenters. The second-order valence-electron chi connectivity index (χ2n) is 8.55. The first-order chi connectivity index (χ1) is 17.5. The Labute approximate surface area is 208 Å². The number of nitrogens with one attached hydrogen (secondary N) is 2. The number of para-hydroxylation sites is 2. The first kappa shape index (κ1) is 23.0. The number of aryl methyl sites for hydroxylation is 2. The maximum absolute atomic E-state index is 13.4. The lowest BCUT2D eigenvalue weighted by atomic mass is 10.0. The van der Waals surface area contributed by atoms with E-state index in [0.717, 1.165) is 22.4 Å². The summed E-state index contributed by atoms with van der Waals surface area (Å²) in [7, 11) is 0. The molecule has 180 valence electrons. The van der Waals surface area contributed by atoms with Gasteiger partial charge >= 0.3 is 0 Å². The molecule has 36 heavy (non-hydrogen) atoms. The van der Waals surface area contributed by atoms with Crippen molar-refractivity contribution < 1.29 is 4.79 Å². The lowest BCUT2D eigenvalue weighted by molar-refractivity contribution is 0.0962. The van der Waals surface area contributed by atoms with Gasteiger partial charge in [-0.05, 0) is 62.2 Å². The maximum atomic E-state index is 13.4. The average Bonchev–Trinajstić information content (AvgIpc) is 3.35. The molecule has 2 heterocycles. The highest BCUT2D eigenvalue weighted by atomic mass is 16.2. The van der Waals surface area contributed by atoms with Crippen LogP contribution in [0.2, 0.25) is 0 Å². The van der Waals surface area contributed by atoms with Crippen LogP contribution in [0.25, 0.3) is 27.8 Å². The molecule has 2 N–H and O–H groups in total. The number of benzene rings is 3. The molecule has 5 aromatic rings. The second kappa shape index (κ2) is 9.50. The van der Waals surface area contributed by atoms with E-state index in [2.05, 4.69) is 15.8 Å². The van der Waals surface area contributed by atoms with Crippen LogP contribution in [-0.4, -0.2) is 25.2 Å². The predicted molar refractivity (Wildman–Crippen MR) is 141 cm³/mol. The zero-order valence-corrected chi connectivity index (χ0v) is 20.3. The molecule has 0 aliphatic heterocycles. The van der Waals surface area contributed by atoms with Crippen LogP contribution < -0.4 is 16.4 Å². The van der Waals surface area contributed by atoms with Crippen LogP contribution in [0.5, 0.6) is 0 Å². The van der Waals surface area contributed by atoms with E-state index >= 15 is 0 Å². The molecule has 8 nitrogen and oxygen atoms in total. The second-order valence-corrected chi connectivity index (χ2v) is 8.55. The zero-order valence-electron chi connectivity index (χ0n) is 20.3. The quantitative estimate of drug-likeness (QED) is 0.347. The fourth-order valence-corrected chi connectivity index (χ4v) is 4.09. The minimum atomic E-state index is -0.393. The van der Waals surface area contributed by atoms with Crippen molar-refractivity contribution in [1.29, 1.82) is 0 Å². The van der Waals surface area contributed by atoms with Crippen LogP contribution in [0, 0.1) is 13.8 Å². The summed E-state index contributed by atoms with van der Waals surface area (Å²) in [4.78, 5) is 30.9. The summed E-state index contributed by atoms with van der Waals surface area (Å²) in [5.74, 6) is -0.131. The third-order valence-electron chi connectivity index (χ3n) is 6.23. The molecule has 3 aromatic carbocycles. The summed E-state index contributed by atoms with van der Waals surface area (Å²) in [5.41, 5.74) is 10.9. The number of hydrazine groups is 1. The fourth-order valence-electron chi connectivity index (χ4n) is 4.09. The number of aromatic nitrogens is 4. The summed E-state index contributed by atoms with van der Waals surface area (Å²) in [6, 6.07) is 22.8. The van der Waals surface area contributed by atoms with Gasteiger partial charge in [0, 0.05) is 18.3 Å². The van der Waals surface area contributed by atoms with E-state index in [-0.39, 0.29) is 11.5 Å². The van der Waals surface area contributed by atoms with E-state index in [0.29, 0.717) is 28.7 Å². The zero-order chi connectivity index (χ0) is 25.2. The minimum Gasteiger partial charge on any atom is -0.277 e. The Morgan fingerprint density at radius 3 is 2.44 bits per heavy atom. The van der Waals surface area contributed by atoms with E-state index in [4.69, 9.17) is 5.10 Å². The van der Waals surface area contributed by atoms with Crippen molar-refractivity contribution in [3.63, 3.8) is 0 Å². The first-order valence-electron chi connectivity index (χ1n) is 11.7. The Bertz CT molecular complexity index is 1640. The molecule has 0 radical (unpaired) electrons. The molecule has 0 bridgehead atoms. The number of nitrogens with zero attached hydrogens (tertiary/aromatic N) is 4. The number of hydrogen-bond acceptors (Lipinski definition) is 5. The SMILES string of the molecule is CCn1c(NNC(=O)c2cn(-c3ccccc3)nc2-c2ccc(C)c(C)c2)nc2ccccc2c1=O. The van der Waals surface area contributed by atoms with Gasteiger partial charge in [-0.3, -0.25) is 25.0 Å². The van der Waals surface area contributed by atoms with Crippen molar-refractivity contribution in [3.8, 4) is 16.9 Å². The van der Waals surface area contributed by atoms with Crippen LogP contribution >= 0.6 is 0 Å². The monoisotopic (exact) mass is 478 g/mol. The Balaban J connectivity index is 1.52. The molecule has 5 rings (SSSR count). The van der Waals surface area contributed by atoms with E-state index in [9.17, 15) is 9.59 Å². The van der Waals surface area contributed by atoms with Crippen molar-refractivity contribution in [2.45, 2.75) is 27.3 Å². The standard InChI is InChI=1S/C28H26N6O2/c1-4-33-27(36)22-12-8-9-13-24(22)29-28(33)31-30-26(35)23-17-34(21-10-6-5-7-11-21)32-25(23)20-15-14-18(2)19(3)16-20/h5-17H,4H2,1-3H3,(H,29,31)(H,30,35). The van der Waals surface area contributed by atoms with E-state index < -0.39 is 5.91 Å². The number of carbonyl (C=O) groups is 1. The highest BCUT2D eigenvalue weighted by Gasteiger charge is 2.20. The van der Waals surface area contributed by atoms with E-state index in [1.165, 1.54) is 4.57 Å². The molecule has 0 aliphatic carbocycles. The summed E-state index contributed by atoms with van der Waals surface area (Å²) < 4.78 is 3.18. The van der Waals surface area contributed by atoms with Gasteiger partial charge in [0.1, 0.15) is 5.69 Å². The predicted octanol–water partition coefficient (Wildman–Crippen LogP) is 4.64.